The highest BCUT2D eigenvalue weighted by Crippen LogP contribution is 2.40. The van der Waals surface area contributed by atoms with E-state index in [4.69, 9.17) is 9.73 Å². The number of halogens is 1. The van der Waals surface area contributed by atoms with Crippen molar-refractivity contribution >= 4 is 29.9 Å². The minimum atomic E-state index is -0.135. The normalized spacial score (nSPS) is 19.5. The summed E-state index contributed by atoms with van der Waals surface area (Å²) in [4.78, 5) is 4.70. The second kappa shape index (κ2) is 12.3. The standard InChI is InChI=1S/C18H37N3O2.HI/c1-5-17(3,15-22)13-20-16(19-6-2)21-14-18(11-12-23-4)9-7-8-10-18;/h22H,5-15H2,1-4H3,(H2,19,20,21);1H. The molecule has 1 aliphatic rings. The van der Waals surface area contributed by atoms with Crippen molar-refractivity contribution in [2.45, 2.75) is 59.3 Å². The third-order valence-electron chi connectivity index (χ3n) is 5.33. The molecule has 0 aromatic rings. The first-order valence-electron chi connectivity index (χ1n) is 9.15. The van der Waals surface area contributed by atoms with Crippen molar-refractivity contribution in [1.82, 2.24) is 10.6 Å². The molecule has 1 atom stereocenters. The van der Waals surface area contributed by atoms with Crippen LogP contribution < -0.4 is 10.6 Å². The highest BCUT2D eigenvalue weighted by atomic mass is 127. The Kier molecular flexibility index (Phi) is 12.3. The predicted octanol–water partition coefficient (Wildman–Crippen LogP) is 3.17. The first-order valence-corrected chi connectivity index (χ1v) is 9.15. The summed E-state index contributed by atoms with van der Waals surface area (Å²) < 4.78 is 5.30. The van der Waals surface area contributed by atoms with Gasteiger partial charge in [-0.3, -0.25) is 4.99 Å². The lowest BCUT2D eigenvalue weighted by Gasteiger charge is -2.30. The molecule has 3 N–H and O–H groups in total. The Labute approximate surface area is 165 Å². The van der Waals surface area contributed by atoms with Crippen LogP contribution in [0.5, 0.6) is 0 Å². The largest absolute Gasteiger partial charge is 0.396 e. The van der Waals surface area contributed by atoms with Gasteiger partial charge >= 0.3 is 0 Å². The molecule has 144 valence electrons. The molecule has 0 amide bonds. The number of aliphatic hydroxyl groups is 1. The van der Waals surface area contributed by atoms with E-state index in [2.05, 4.69) is 31.4 Å². The van der Waals surface area contributed by atoms with Crippen molar-refractivity contribution in [2.75, 3.05) is 40.0 Å². The highest BCUT2D eigenvalue weighted by molar-refractivity contribution is 14.0. The van der Waals surface area contributed by atoms with E-state index in [0.717, 1.165) is 38.5 Å². The lowest BCUT2D eigenvalue weighted by atomic mass is 9.83. The summed E-state index contributed by atoms with van der Waals surface area (Å²) in [5.74, 6) is 0.865. The topological polar surface area (TPSA) is 65.9 Å². The molecule has 1 aliphatic carbocycles. The van der Waals surface area contributed by atoms with E-state index >= 15 is 0 Å². The number of aliphatic hydroxyl groups excluding tert-OH is 1. The molecule has 0 bridgehead atoms. The van der Waals surface area contributed by atoms with Gasteiger partial charge in [-0.1, -0.05) is 26.7 Å². The van der Waals surface area contributed by atoms with Gasteiger partial charge in [-0.05, 0) is 38.0 Å². The number of methoxy groups -OCH3 is 1. The van der Waals surface area contributed by atoms with Crippen LogP contribution in [-0.4, -0.2) is 51.0 Å². The minimum Gasteiger partial charge on any atom is -0.396 e. The van der Waals surface area contributed by atoms with Gasteiger partial charge in [0.15, 0.2) is 5.96 Å². The number of aliphatic imine (C=N–C) groups is 1. The summed E-state index contributed by atoms with van der Waals surface area (Å²) in [6, 6.07) is 0. The minimum absolute atomic E-state index is 0. The van der Waals surface area contributed by atoms with Crippen molar-refractivity contribution < 1.29 is 9.84 Å². The number of guanidine groups is 1. The summed E-state index contributed by atoms with van der Waals surface area (Å²) in [6.07, 6.45) is 7.20. The van der Waals surface area contributed by atoms with E-state index in [0.29, 0.717) is 12.0 Å². The van der Waals surface area contributed by atoms with E-state index < -0.39 is 0 Å². The lowest BCUT2D eigenvalue weighted by Crippen LogP contribution is -2.44. The van der Waals surface area contributed by atoms with Crippen molar-refractivity contribution in [3.63, 3.8) is 0 Å². The Bertz CT molecular complexity index is 354. The van der Waals surface area contributed by atoms with Gasteiger partial charge in [0.2, 0.25) is 0 Å². The fraction of sp³-hybridized carbons (Fsp3) is 0.944. The van der Waals surface area contributed by atoms with E-state index in [-0.39, 0.29) is 36.0 Å². The average molecular weight is 455 g/mol. The fourth-order valence-electron chi connectivity index (χ4n) is 3.12. The highest BCUT2D eigenvalue weighted by Gasteiger charge is 2.33. The second-order valence-corrected chi connectivity index (χ2v) is 7.32. The first-order chi connectivity index (χ1) is 11.0. The van der Waals surface area contributed by atoms with Crippen LogP contribution >= 0.6 is 24.0 Å². The van der Waals surface area contributed by atoms with Gasteiger partial charge < -0.3 is 20.5 Å². The van der Waals surface area contributed by atoms with E-state index in [9.17, 15) is 5.11 Å². The Morgan fingerprint density at radius 1 is 1.25 bits per heavy atom. The predicted molar refractivity (Wildman–Crippen MR) is 112 cm³/mol. The van der Waals surface area contributed by atoms with Crippen molar-refractivity contribution in [3.05, 3.63) is 0 Å². The number of ether oxygens (including phenoxy) is 1. The summed E-state index contributed by atoms with van der Waals surface area (Å²) in [5, 5.41) is 16.4. The van der Waals surface area contributed by atoms with Gasteiger partial charge in [0.25, 0.3) is 0 Å². The summed E-state index contributed by atoms with van der Waals surface area (Å²) in [6.45, 7) is 9.70. The maximum Gasteiger partial charge on any atom is 0.191 e. The van der Waals surface area contributed by atoms with Gasteiger partial charge in [0.1, 0.15) is 0 Å². The van der Waals surface area contributed by atoms with E-state index in [1.165, 1.54) is 25.7 Å². The summed E-state index contributed by atoms with van der Waals surface area (Å²) in [5.41, 5.74) is 0.209. The number of nitrogens with one attached hydrogen (secondary N) is 2. The number of rotatable bonds is 10. The molecule has 6 heteroatoms. The number of nitrogens with zero attached hydrogens (tertiary/aromatic N) is 1. The van der Waals surface area contributed by atoms with Crippen LogP contribution in [-0.2, 0) is 4.74 Å². The van der Waals surface area contributed by atoms with Crippen LogP contribution in [0.1, 0.15) is 59.3 Å². The van der Waals surface area contributed by atoms with Crippen LogP contribution in [0.2, 0.25) is 0 Å². The maximum atomic E-state index is 9.54. The third-order valence-corrected chi connectivity index (χ3v) is 5.33. The Morgan fingerprint density at radius 3 is 2.42 bits per heavy atom. The molecule has 0 saturated heterocycles. The van der Waals surface area contributed by atoms with Crippen molar-refractivity contribution in [1.29, 1.82) is 0 Å². The quantitative estimate of drug-likeness (QED) is 0.269. The molecular weight excluding hydrogens is 417 g/mol. The molecule has 1 saturated carbocycles. The molecule has 1 rings (SSSR count). The molecule has 0 spiro atoms. The van der Waals surface area contributed by atoms with Crippen LogP contribution in [0.25, 0.3) is 0 Å². The lowest BCUT2D eigenvalue weighted by molar-refractivity contribution is 0.138. The van der Waals surface area contributed by atoms with Gasteiger partial charge in [-0.2, -0.15) is 0 Å². The summed E-state index contributed by atoms with van der Waals surface area (Å²) in [7, 11) is 1.78. The van der Waals surface area contributed by atoms with Crippen LogP contribution in [0.4, 0.5) is 0 Å². The van der Waals surface area contributed by atoms with E-state index in [1.54, 1.807) is 7.11 Å². The molecule has 0 aliphatic heterocycles. The van der Waals surface area contributed by atoms with Crippen LogP contribution in [0.3, 0.4) is 0 Å². The van der Waals surface area contributed by atoms with Crippen molar-refractivity contribution in [2.24, 2.45) is 15.8 Å². The fourth-order valence-corrected chi connectivity index (χ4v) is 3.12. The van der Waals surface area contributed by atoms with Gasteiger partial charge in [0, 0.05) is 32.2 Å². The smallest absolute Gasteiger partial charge is 0.191 e. The zero-order valence-electron chi connectivity index (χ0n) is 16.0. The van der Waals surface area contributed by atoms with E-state index in [1.807, 2.05) is 0 Å². The van der Waals surface area contributed by atoms with Gasteiger partial charge in [0.05, 0.1) is 13.2 Å². The Balaban J connectivity index is 0.00000529. The van der Waals surface area contributed by atoms with Crippen LogP contribution in [0.15, 0.2) is 4.99 Å². The zero-order chi connectivity index (χ0) is 17.2. The zero-order valence-corrected chi connectivity index (χ0v) is 18.3. The van der Waals surface area contributed by atoms with Gasteiger partial charge in [-0.25, -0.2) is 0 Å². The first kappa shape index (κ1) is 23.9. The molecule has 0 radical (unpaired) electrons. The summed E-state index contributed by atoms with van der Waals surface area (Å²) >= 11 is 0. The van der Waals surface area contributed by atoms with Crippen molar-refractivity contribution in [3.8, 4) is 0 Å². The molecule has 1 fully saturated rings. The monoisotopic (exact) mass is 455 g/mol. The SMILES string of the molecule is CCNC(=NCC(C)(CC)CO)NCC1(CCOC)CCCC1.I. The second-order valence-electron chi connectivity index (χ2n) is 7.32. The molecule has 5 nitrogen and oxygen atoms in total. The third kappa shape index (κ3) is 7.87. The van der Waals surface area contributed by atoms with Gasteiger partial charge in [-0.15, -0.1) is 24.0 Å². The molecule has 0 heterocycles. The molecule has 0 aromatic carbocycles. The molecule has 24 heavy (non-hydrogen) atoms. The Hall–Kier alpha value is -0.0800. The Morgan fingerprint density at radius 2 is 1.92 bits per heavy atom. The molecule has 1 unspecified atom stereocenters. The number of hydrogen-bond acceptors (Lipinski definition) is 3. The average Bonchev–Trinajstić information content (AvgIpc) is 3.04. The number of hydrogen-bond donors (Lipinski definition) is 3. The maximum absolute atomic E-state index is 9.54. The molecular formula is C18H38IN3O2. The molecule has 0 aromatic heterocycles. The van der Waals surface area contributed by atoms with Crippen LogP contribution in [0, 0.1) is 10.8 Å².